The molecule has 1 aliphatic heterocycles. The van der Waals surface area contributed by atoms with Gasteiger partial charge < -0.3 is 4.74 Å². The van der Waals surface area contributed by atoms with Crippen molar-refractivity contribution in [3.05, 3.63) is 46.2 Å². The molecule has 1 radical (unpaired) electrons. The molecule has 1 aromatic carbocycles. The van der Waals surface area contributed by atoms with Gasteiger partial charge in [-0.05, 0) is 26.0 Å². The predicted molar refractivity (Wildman–Crippen MR) is 89.7 cm³/mol. The molecule has 0 saturated carbocycles. The number of aromatic nitrogens is 3. The number of nitrogens with one attached hydrogen (secondary N) is 1. The van der Waals surface area contributed by atoms with Crippen LogP contribution in [-0.4, -0.2) is 32.4 Å². The fourth-order valence-corrected chi connectivity index (χ4v) is 3.09. The molecule has 2 heterocycles. The summed E-state index contributed by atoms with van der Waals surface area (Å²) in [6.07, 6.45) is 0.960. The van der Waals surface area contributed by atoms with E-state index in [9.17, 15) is 22.8 Å². The number of alkyl halides is 2. The van der Waals surface area contributed by atoms with Crippen molar-refractivity contribution in [2.75, 3.05) is 6.54 Å². The van der Waals surface area contributed by atoms with Crippen LogP contribution in [0.3, 0.4) is 0 Å². The number of hydrogen-bond donors (Lipinski definition) is 1. The van der Waals surface area contributed by atoms with Gasteiger partial charge in [0, 0.05) is 19.4 Å². The minimum atomic E-state index is -3.13. The first kappa shape index (κ1) is 19.4. The van der Waals surface area contributed by atoms with Crippen LogP contribution in [0.25, 0.3) is 5.69 Å². The van der Waals surface area contributed by atoms with E-state index >= 15 is 0 Å². The van der Waals surface area contributed by atoms with E-state index in [1.165, 1.54) is 6.92 Å². The molecule has 0 amide bonds. The van der Waals surface area contributed by atoms with Gasteiger partial charge in [0.1, 0.15) is 17.3 Å². The van der Waals surface area contributed by atoms with Gasteiger partial charge in [0.05, 0.1) is 5.02 Å². The molecule has 0 aliphatic carbocycles. The normalized spacial score (nSPS) is 19.7. The fraction of sp³-hybridized carbons (Fsp3) is 0.375. The number of rotatable bonds is 5. The van der Waals surface area contributed by atoms with Crippen molar-refractivity contribution in [1.29, 1.82) is 0 Å². The summed E-state index contributed by atoms with van der Waals surface area (Å²) in [5.41, 5.74) is -3.09. The largest absolute Gasteiger partial charge is 0.464 e. The van der Waals surface area contributed by atoms with E-state index in [1.807, 2.05) is 0 Å². The number of ketones is 1. The highest BCUT2D eigenvalue weighted by molar-refractivity contribution is 6.32. The number of nitrogens with zero attached hydrogens (tertiary/aromatic N) is 3. The van der Waals surface area contributed by atoms with Gasteiger partial charge in [0.25, 0.3) is 0 Å². The molecule has 27 heavy (non-hydrogen) atoms. The smallest absolute Gasteiger partial charge is 0.355 e. The highest BCUT2D eigenvalue weighted by Gasteiger charge is 2.41. The maximum Gasteiger partial charge on any atom is 0.355 e. The van der Waals surface area contributed by atoms with Crippen LogP contribution in [0.4, 0.5) is 13.2 Å². The molecular weight excluding hydrogens is 389 g/mol. The standard InChI is InChI=1S/C16H15ClF3N4O3/c1-8(25)16(4-3-5-21-16)27-13-7-12(11(18)6-10(13)17)24-15(26)23(14(19)20)9(2)22-24/h6-7,14,21H,1,3-5H2,2H3/t16-/m1/s1. The van der Waals surface area contributed by atoms with Crippen LogP contribution in [0.15, 0.2) is 16.9 Å². The molecule has 0 spiro atoms. The third-order valence-corrected chi connectivity index (χ3v) is 4.55. The minimum Gasteiger partial charge on any atom is -0.464 e. The van der Waals surface area contributed by atoms with Crippen molar-refractivity contribution in [3.63, 3.8) is 0 Å². The lowest BCUT2D eigenvalue weighted by molar-refractivity contribution is -0.131. The number of Topliss-reactive ketones (excluding diaryl/α,β-unsaturated/α-hetero) is 1. The molecule has 11 heteroatoms. The van der Waals surface area contributed by atoms with Crippen molar-refractivity contribution < 1.29 is 22.7 Å². The molecule has 3 rings (SSSR count). The number of carbonyl (C=O) groups excluding carboxylic acids is 1. The van der Waals surface area contributed by atoms with Crippen molar-refractivity contribution in [2.45, 2.75) is 32.0 Å². The molecule has 1 fully saturated rings. The molecule has 145 valence electrons. The number of ether oxygens (including phenoxy) is 1. The molecule has 2 aromatic rings. The zero-order valence-electron chi connectivity index (χ0n) is 14.1. The topological polar surface area (TPSA) is 78.2 Å². The highest BCUT2D eigenvalue weighted by Crippen LogP contribution is 2.34. The quantitative estimate of drug-likeness (QED) is 0.829. The van der Waals surface area contributed by atoms with E-state index in [1.54, 1.807) is 0 Å². The van der Waals surface area contributed by atoms with Crippen molar-refractivity contribution in [3.8, 4) is 11.4 Å². The summed E-state index contributed by atoms with van der Waals surface area (Å²) in [5.74, 6) is -1.93. The highest BCUT2D eigenvalue weighted by atomic mass is 35.5. The first-order chi connectivity index (χ1) is 12.7. The van der Waals surface area contributed by atoms with E-state index in [-0.39, 0.29) is 21.2 Å². The SMILES string of the molecule is [CH2]C(=O)[C@]1(Oc2cc(-n3nc(C)n(C(F)F)c3=O)c(F)cc2Cl)CCCN1. The summed E-state index contributed by atoms with van der Waals surface area (Å²) in [5, 5.41) is 6.39. The van der Waals surface area contributed by atoms with Crippen LogP contribution in [0.1, 0.15) is 25.2 Å². The Morgan fingerprint density at radius 3 is 2.70 bits per heavy atom. The summed E-state index contributed by atoms with van der Waals surface area (Å²) in [4.78, 5) is 24.1. The molecule has 1 aromatic heterocycles. The predicted octanol–water partition coefficient (Wildman–Crippen LogP) is 2.39. The second kappa shape index (κ2) is 7.01. The second-order valence-electron chi connectivity index (χ2n) is 6.01. The van der Waals surface area contributed by atoms with E-state index in [0.29, 0.717) is 24.1 Å². The van der Waals surface area contributed by atoms with Crippen LogP contribution < -0.4 is 15.7 Å². The van der Waals surface area contributed by atoms with E-state index in [2.05, 4.69) is 17.3 Å². The van der Waals surface area contributed by atoms with Gasteiger partial charge in [0.15, 0.2) is 11.6 Å². The average molecular weight is 404 g/mol. The van der Waals surface area contributed by atoms with Crippen molar-refractivity contribution in [2.24, 2.45) is 0 Å². The molecule has 0 bridgehead atoms. The lowest BCUT2D eigenvalue weighted by Crippen LogP contribution is -2.51. The first-order valence-electron chi connectivity index (χ1n) is 7.92. The number of halogens is 4. The summed E-state index contributed by atoms with van der Waals surface area (Å²) in [6, 6.07) is 1.89. The zero-order valence-corrected chi connectivity index (χ0v) is 14.9. The average Bonchev–Trinajstić information content (AvgIpc) is 3.15. The third-order valence-electron chi connectivity index (χ3n) is 4.26. The molecule has 0 unspecified atom stereocenters. The number of benzene rings is 1. The minimum absolute atomic E-state index is 0.115. The summed E-state index contributed by atoms with van der Waals surface area (Å²) >= 11 is 6.00. The van der Waals surface area contributed by atoms with Crippen LogP contribution in [0.2, 0.25) is 5.02 Å². The van der Waals surface area contributed by atoms with Gasteiger partial charge in [-0.1, -0.05) is 11.6 Å². The Hall–Kier alpha value is -2.33. The fourth-order valence-electron chi connectivity index (χ4n) is 2.90. The third kappa shape index (κ3) is 3.34. The Bertz CT molecular complexity index is 951. The van der Waals surface area contributed by atoms with Crippen LogP contribution >= 0.6 is 11.6 Å². The Morgan fingerprint density at radius 2 is 2.19 bits per heavy atom. The zero-order chi connectivity index (χ0) is 19.9. The first-order valence-corrected chi connectivity index (χ1v) is 8.30. The number of hydrogen-bond acceptors (Lipinski definition) is 5. The number of carbonyl (C=O) groups is 1. The molecule has 1 aliphatic rings. The Balaban J connectivity index is 2.10. The van der Waals surface area contributed by atoms with E-state index in [0.717, 1.165) is 12.1 Å². The Labute approximate surface area is 156 Å². The summed E-state index contributed by atoms with van der Waals surface area (Å²) < 4.78 is 46.6. The van der Waals surface area contributed by atoms with Gasteiger partial charge in [-0.25, -0.2) is 13.8 Å². The van der Waals surface area contributed by atoms with Crippen molar-refractivity contribution >= 4 is 17.4 Å². The molecule has 1 saturated heterocycles. The van der Waals surface area contributed by atoms with Crippen LogP contribution in [0, 0.1) is 19.7 Å². The Kier molecular flexibility index (Phi) is 5.04. The number of aryl methyl sites for hydroxylation is 1. The molecule has 7 nitrogen and oxygen atoms in total. The van der Waals surface area contributed by atoms with Gasteiger partial charge in [-0.15, -0.1) is 5.10 Å². The lowest BCUT2D eigenvalue weighted by atomic mass is 10.1. The van der Waals surface area contributed by atoms with Crippen molar-refractivity contribution in [1.82, 2.24) is 19.7 Å². The van der Waals surface area contributed by atoms with E-state index in [4.69, 9.17) is 16.3 Å². The van der Waals surface area contributed by atoms with Crippen LogP contribution in [-0.2, 0) is 4.79 Å². The Morgan fingerprint density at radius 1 is 1.48 bits per heavy atom. The van der Waals surface area contributed by atoms with Gasteiger partial charge in [0.2, 0.25) is 5.72 Å². The van der Waals surface area contributed by atoms with Crippen LogP contribution in [0.5, 0.6) is 5.75 Å². The van der Waals surface area contributed by atoms with Gasteiger partial charge >= 0.3 is 12.2 Å². The molecule has 1 N–H and O–H groups in total. The molecule has 1 atom stereocenters. The molecular formula is C16H15ClF3N4O3. The summed E-state index contributed by atoms with van der Waals surface area (Å²) in [7, 11) is 0. The summed E-state index contributed by atoms with van der Waals surface area (Å²) in [6.45, 7) is 1.93. The second-order valence-corrected chi connectivity index (χ2v) is 6.41. The van der Waals surface area contributed by atoms with Gasteiger partial charge in [-0.2, -0.15) is 13.5 Å². The van der Waals surface area contributed by atoms with E-state index < -0.39 is 35.3 Å². The maximum atomic E-state index is 14.4. The van der Waals surface area contributed by atoms with Gasteiger partial charge in [-0.3, -0.25) is 10.1 Å². The lowest BCUT2D eigenvalue weighted by Gasteiger charge is -2.28. The maximum absolute atomic E-state index is 14.4. The monoisotopic (exact) mass is 403 g/mol.